The van der Waals surface area contributed by atoms with Gasteiger partial charge in [-0.05, 0) is 37.8 Å². The Morgan fingerprint density at radius 2 is 2.10 bits per heavy atom. The number of unbranched alkanes of at least 4 members (excludes halogenated alkanes) is 1. The zero-order valence-electron chi connectivity index (χ0n) is 11.8. The first-order valence-corrected chi connectivity index (χ1v) is 6.68. The van der Waals surface area contributed by atoms with Crippen molar-refractivity contribution in [1.29, 1.82) is 5.26 Å². The van der Waals surface area contributed by atoms with Gasteiger partial charge in [0, 0.05) is 0 Å². The van der Waals surface area contributed by atoms with Crippen molar-refractivity contribution >= 4 is 12.1 Å². The average Bonchev–Trinajstić information content (AvgIpc) is 2.47. The van der Waals surface area contributed by atoms with E-state index in [1.807, 2.05) is 18.2 Å². The number of nitrogens with zero attached hydrogens (tertiary/aromatic N) is 1. The Labute approximate surface area is 123 Å². The Morgan fingerprint density at radius 1 is 1.38 bits per heavy atom. The average molecular weight is 290 g/mol. The van der Waals surface area contributed by atoms with Crippen LogP contribution in [-0.2, 0) is 16.0 Å². The molecular weight excluding hydrogens is 272 g/mol. The lowest BCUT2D eigenvalue weighted by Gasteiger charge is -2.10. The Morgan fingerprint density at radius 3 is 2.76 bits per heavy atom. The highest BCUT2D eigenvalue weighted by Crippen LogP contribution is 2.10. The summed E-state index contributed by atoms with van der Waals surface area (Å²) < 4.78 is 4.88. The van der Waals surface area contributed by atoms with Crippen LogP contribution in [0.1, 0.15) is 30.9 Å². The van der Waals surface area contributed by atoms with E-state index >= 15 is 0 Å². The zero-order chi connectivity index (χ0) is 15.7. The Hall–Kier alpha value is -2.55. The van der Waals surface area contributed by atoms with Crippen LogP contribution in [0.15, 0.2) is 24.3 Å². The Balaban J connectivity index is 2.22. The van der Waals surface area contributed by atoms with E-state index in [0.29, 0.717) is 12.0 Å². The van der Waals surface area contributed by atoms with Gasteiger partial charge in [0.15, 0.2) is 0 Å². The molecule has 0 aromatic heterocycles. The molecule has 0 aliphatic rings. The second kappa shape index (κ2) is 8.59. The Kier molecular flexibility index (Phi) is 6.75. The van der Waals surface area contributed by atoms with Crippen LogP contribution in [0.4, 0.5) is 4.79 Å². The number of carbonyl (C=O) groups is 2. The number of ether oxygens (including phenoxy) is 1. The lowest BCUT2D eigenvalue weighted by molar-refractivity contribution is -0.138. The summed E-state index contributed by atoms with van der Waals surface area (Å²) in [6.45, 7) is 1.58. The van der Waals surface area contributed by atoms with Crippen LogP contribution in [0, 0.1) is 11.3 Å². The molecule has 1 amide bonds. The van der Waals surface area contributed by atoms with Gasteiger partial charge in [0.25, 0.3) is 0 Å². The van der Waals surface area contributed by atoms with Crippen molar-refractivity contribution in [3.8, 4) is 6.07 Å². The molecule has 0 heterocycles. The van der Waals surface area contributed by atoms with Crippen LogP contribution in [-0.4, -0.2) is 29.8 Å². The second-order valence-electron chi connectivity index (χ2n) is 4.57. The Bertz CT molecular complexity index is 537. The molecule has 0 saturated heterocycles. The molecule has 1 aromatic carbocycles. The molecule has 2 N–H and O–H groups in total. The van der Waals surface area contributed by atoms with Crippen molar-refractivity contribution in [2.24, 2.45) is 0 Å². The number of carboxylic acids is 1. The van der Waals surface area contributed by atoms with Crippen LogP contribution >= 0.6 is 0 Å². The molecule has 0 aliphatic heterocycles. The molecule has 6 nitrogen and oxygen atoms in total. The molecule has 1 rings (SSSR count). The number of rotatable bonds is 7. The van der Waals surface area contributed by atoms with Crippen molar-refractivity contribution in [2.75, 3.05) is 6.61 Å². The van der Waals surface area contributed by atoms with Gasteiger partial charge in [-0.25, -0.2) is 4.79 Å². The van der Waals surface area contributed by atoms with Crippen molar-refractivity contribution in [1.82, 2.24) is 5.32 Å². The molecule has 0 fully saturated rings. The van der Waals surface area contributed by atoms with E-state index in [-0.39, 0.29) is 6.61 Å². The van der Waals surface area contributed by atoms with Gasteiger partial charge >= 0.3 is 12.1 Å². The fourth-order valence-electron chi connectivity index (χ4n) is 1.71. The maximum Gasteiger partial charge on any atom is 0.407 e. The van der Waals surface area contributed by atoms with Crippen LogP contribution in [0.3, 0.4) is 0 Å². The summed E-state index contributed by atoms with van der Waals surface area (Å²) in [6, 6.07) is 8.54. The molecule has 0 saturated carbocycles. The third kappa shape index (κ3) is 5.95. The van der Waals surface area contributed by atoms with Gasteiger partial charge in [-0.1, -0.05) is 18.2 Å². The summed E-state index contributed by atoms with van der Waals surface area (Å²) in [6.07, 6.45) is 1.43. The number of alkyl carbamates (subject to hydrolysis) is 1. The third-order valence-corrected chi connectivity index (χ3v) is 2.92. The summed E-state index contributed by atoms with van der Waals surface area (Å²) in [4.78, 5) is 21.8. The molecular formula is C15H18N2O4. The molecule has 112 valence electrons. The van der Waals surface area contributed by atoms with E-state index in [1.165, 1.54) is 6.92 Å². The first kappa shape index (κ1) is 16.5. The van der Waals surface area contributed by atoms with E-state index < -0.39 is 18.1 Å². The molecule has 1 atom stereocenters. The summed E-state index contributed by atoms with van der Waals surface area (Å²) >= 11 is 0. The number of hydrogen-bond acceptors (Lipinski definition) is 4. The standard InChI is InChI=1S/C15H18N2O4/c1-11(14(18)19)17-15(20)21-9-5-4-7-12-6-2-3-8-13(12)10-16/h2-3,6,8,11H,4-5,7,9H2,1H3,(H,17,20)(H,18,19). The topological polar surface area (TPSA) is 99.4 Å². The molecule has 0 bridgehead atoms. The number of nitrogens with one attached hydrogen (secondary N) is 1. The highest BCUT2D eigenvalue weighted by molar-refractivity contribution is 5.79. The van der Waals surface area contributed by atoms with Crippen LogP contribution in [0.2, 0.25) is 0 Å². The molecule has 1 aromatic rings. The van der Waals surface area contributed by atoms with Crippen molar-refractivity contribution in [2.45, 2.75) is 32.2 Å². The monoisotopic (exact) mass is 290 g/mol. The lowest BCUT2D eigenvalue weighted by Crippen LogP contribution is -2.38. The van der Waals surface area contributed by atoms with E-state index in [1.54, 1.807) is 6.07 Å². The summed E-state index contributed by atoms with van der Waals surface area (Å²) in [5, 5.41) is 19.8. The first-order chi connectivity index (χ1) is 10.0. The van der Waals surface area contributed by atoms with E-state index in [9.17, 15) is 9.59 Å². The summed E-state index contributed by atoms with van der Waals surface area (Å²) in [5.74, 6) is -1.11. The maximum absolute atomic E-state index is 11.3. The third-order valence-electron chi connectivity index (χ3n) is 2.92. The highest BCUT2D eigenvalue weighted by atomic mass is 16.5. The minimum Gasteiger partial charge on any atom is -0.480 e. The van der Waals surface area contributed by atoms with Crippen LogP contribution < -0.4 is 5.32 Å². The maximum atomic E-state index is 11.3. The lowest BCUT2D eigenvalue weighted by atomic mass is 10.0. The van der Waals surface area contributed by atoms with Gasteiger partial charge in [0.1, 0.15) is 6.04 Å². The van der Waals surface area contributed by atoms with E-state index in [2.05, 4.69) is 11.4 Å². The molecule has 0 aliphatic carbocycles. The highest BCUT2D eigenvalue weighted by Gasteiger charge is 2.14. The number of nitriles is 1. The van der Waals surface area contributed by atoms with Crippen molar-refractivity contribution in [3.63, 3.8) is 0 Å². The number of carbonyl (C=O) groups excluding carboxylic acids is 1. The van der Waals surface area contributed by atoms with Gasteiger partial charge in [0.05, 0.1) is 18.2 Å². The smallest absolute Gasteiger partial charge is 0.407 e. The molecule has 21 heavy (non-hydrogen) atoms. The van der Waals surface area contributed by atoms with Gasteiger partial charge in [-0.15, -0.1) is 0 Å². The van der Waals surface area contributed by atoms with E-state index in [4.69, 9.17) is 15.1 Å². The molecule has 6 heteroatoms. The first-order valence-electron chi connectivity index (χ1n) is 6.68. The van der Waals surface area contributed by atoms with Gasteiger partial charge in [0.2, 0.25) is 0 Å². The van der Waals surface area contributed by atoms with E-state index in [0.717, 1.165) is 18.4 Å². The second-order valence-corrected chi connectivity index (χ2v) is 4.57. The summed E-state index contributed by atoms with van der Waals surface area (Å²) in [7, 11) is 0. The SMILES string of the molecule is CC(NC(=O)OCCCCc1ccccc1C#N)C(=O)O. The van der Waals surface area contributed by atoms with Gasteiger partial charge in [-0.3, -0.25) is 4.79 Å². The predicted octanol–water partition coefficient (Wildman–Crippen LogP) is 2.08. The number of benzene rings is 1. The largest absolute Gasteiger partial charge is 0.480 e. The molecule has 1 unspecified atom stereocenters. The normalized spacial score (nSPS) is 11.2. The number of carboxylic acid groups (broad SMARTS) is 1. The van der Waals surface area contributed by atoms with Gasteiger partial charge in [-0.2, -0.15) is 5.26 Å². The van der Waals surface area contributed by atoms with Crippen molar-refractivity contribution in [3.05, 3.63) is 35.4 Å². The zero-order valence-corrected chi connectivity index (χ0v) is 11.8. The molecule has 0 spiro atoms. The number of amides is 1. The minimum absolute atomic E-state index is 0.215. The number of aliphatic carboxylic acids is 1. The fourth-order valence-corrected chi connectivity index (χ4v) is 1.71. The van der Waals surface area contributed by atoms with Gasteiger partial charge < -0.3 is 15.2 Å². The van der Waals surface area contributed by atoms with Crippen LogP contribution in [0.25, 0.3) is 0 Å². The number of aryl methyl sites for hydroxylation is 1. The quantitative estimate of drug-likeness (QED) is 0.749. The van der Waals surface area contributed by atoms with Crippen LogP contribution in [0.5, 0.6) is 0 Å². The number of hydrogen-bond donors (Lipinski definition) is 2. The predicted molar refractivity (Wildman–Crippen MR) is 75.7 cm³/mol. The summed E-state index contributed by atoms with van der Waals surface area (Å²) in [5.41, 5.74) is 1.63. The molecule has 0 radical (unpaired) electrons. The fraction of sp³-hybridized carbons (Fsp3) is 0.400. The minimum atomic E-state index is -1.11. The van der Waals surface area contributed by atoms with Crippen molar-refractivity contribution < 1.29 is 19.4 Å².